The second-order valence-corrected chi connectivity index (χ2v) is 9.29. The fourth-order valence-electron chi connectivity index (χ4n) is 4.19. The van der Waals surface area contributed by atoms with Gasteiger partial charge in [-0.2, -0.15) is 0 Å². The fraction of sp³-hybridized carbons (Fsp3) is 0.611. The van der Waals surface area contributed by atoms with Crippen LogP contribution < -0.4 is 10.2 Å². The van der Waals surface area contributed by atoms with Crippen LogP contribution in [0.1, 0.15) is 18.4 Å². The molecule has 130 valence electrons. The van der Waals surface area contributed by atoms with Crippen LogP contribution in [-0.2, 0) is 13.0 Å². The summed E-state index contributed by atoms with van der Waals surface area (Å²) in [5, 5.41) is 3.51. The predicted octanol–water partition coefficient (Wildman–Crippen LogP) is 2.73. The van der Waals surface area contributed by atoms with Crippen molar-refractivity contribution in [2.24, 2.45) is 5.41 Å². The second kappa shape index (κ2) is 7.05. The van der Waals surface area contributed by atoms with E-state index < -0.39 is 0 Å². The summed E-state index contributed by atoms with van der Waals surface area (Å²) in [5.74, 6) is 0. The van der Waals surface area contributed by atoms with Crippen LogP contribution in [0.25, 0.3) is 10.2 Å². The summed E-state index contributed by atoms with van der Waals surface area (Å²) in [6.45, 7) is 6.51. The van der Waals surface area contributed by atoms with Crippen molar-refractivity contribution in [1.82, 2.24) is 14.8 Å². The molecule has 4 nitrogen and oxygen atoms in total. The molecule has 2 fully saturated rings. The first kappa shape index (κ1) is 17.0. The zero-order valence-electron chi connectivity index (χ0n) is 13.9. The number of rotatable bonds is 5. The number of likely N-dealkylation sites (tertiary alicyclic amines) is 1. The molecule has 0 aliphatic carbocycles. The Balaban J connectivity index is 1.46. The highest BCUT2D eigenvalue weighted by atomic mass is 127. The van der Waals surface area contributed by atoms with Crippen molar-refractivity contribution in [3.05, 3.63) is 33.4 Å². The lowest BCUT2D eigenvalue weighted by Gasteiger charge is -2.22. The summed E-state index contributed by atoms with van der Waals surface area (Å²) in [7, 11) is 0. The third kappa shape index (κ3) is 3.30. The van der Waals surface area contributed by atoms with Crippen LogP contribution >= 0.6 is 33.9 Å². The Bertz CT molecular complexity index is 778. The largest absolute Gasteiger partial charge is 0.316 e. The second-order valence-electron chi connectivity index (χ2n) is 7.21. The Morgan fingerprint density at radius 1 is 1.29 bits per heavy atom. The van der Waals surface area contributed by atoms with Gasteiger partial charge in [0, 0.05) is 30.6 Å². The number of nitrogens with zero attached hydrogens (tertiary/aromatic N) is 2. The molecule has 2 aromatic rings. The van der Waals surface area contributed by atoms with Crippen LogP contribution in [0, 0.1) is 5.41 Å². The number of aryl methyl sites for hydroxylation is 1. The van der Waals surface area contributed by atoms with Gasteiger partial charge in [0.1, 0.15) is 0 Å². The Morgan fingerprint density at radius 2 is 2.21 bits per heavy atom. The highest BCUT2D eigenvalue weighted by Crippen LogP contribution is 2.35. The summed E-state index contributed by atoms with van der Waals surface area (Å²) < 4.78 is 4.23. The highest BCUT2D eigenvalue weighted by molar-refractivity contribution is 14.1. The first-order valence-corrected chi connectivity index (χ1v) is 11.1. The van der Waals surface area contributed by atoms with E-state index in [-0.39, 0.29) is 4.87 Å². The van der Waals surface area contributed by atoms with Gasteiger partial charge in [0.2, 0.25) is 0 Å². The molecule has 1 atom stereocenters. The fourth-order valence-corrected chi connectivity index (χ4v) is 5.79. The zero-order chi connectivity index (χ0) is 16.6. The number of fused-ring (bicyclic) bond motifs is 1. The van der Waals surface area contributed by atoms with Gasteiger partial charge in [-0.05, 0) is 55.5 Å². The number of hydrogen-bond acceptors (Lipinski definition) is 4. The summed E-state index contributed by atoms with van der Waals surface area (Å²) in [4.78, 5) is 15.2. The third-order valence-corrected chi connectivity index (χ3v) is 7.09. The standard InChI is InChI=1S/C18H24IN3OS/c19-6-3-14-1-2-15-16(11-14)24-17(23)22(15)10-9-21-8-5-18(13-21)4-7-20-12-18/h1-2,11,20H,3-10,12-13H2. The predicted molar refractivity (Wildman–Crippen MR) is 110 cm³/mol. The zero-order valence-corrected chi connectivity index (χ0v) is 16.9. The number of aromatic nitrogens is 1. The molecule has 0 radical (unpaired) electrons. The number of halogens is 1. The van der Waals surface area contributed by atoms with Gasteiger partial charge in [0.05, 0.1) is 10.2 Å². The maximum atomic E-state index is 12.4. The molecular formula is C18H24IN3OS. The van der Waals surface area contributed by atoms with Gasteiger partial charge >= 0.3 is 4.87 Å². The van der Waals surface area contributed by atoms with Crippen molar-refractivity contribution in [3.8, 4) is 0 Å². The first-order valence-electron chi connectivity index (χ1n) is 8.80. The number of benzene rings is 1. The van der Waals surface area contributed by atoms with Crippen LogP contribution in [0.5, 0.6) is 0 Å². The van der Waals surface area contributed by atoms with Gasteiger partial charge in [0.25, 0.3) is 0 Å². The van der Waals surface area contributed by atoms with E-state index >= 15 is 0 Å². The van der Waals surface area contributed by atoms with E-state index in [1.54, 1.807) is 0 Å². The lowest BCUT2D eigenvalue weighted by Crippen LogP contribution is -2.32. The Morgan fingerprint density at radius 3 is 3.00 bits per heavy atom. The highest BCUT2D eigenvalue weighted by Gasteiger charge is 2.39. The topological polar surface area (TPSA) is 37.3 Å². The quantitative estimate of drug-likeness (QED) is 0.555. The van der Waals surface area contributed by atoms with Crippen molar-refractivity contribution >= 4 is 44.1 Å². The number of nitrogens with one attached hydrogen (secondary N) is 1. The number of alkyl halides is 1. The molecule has 1 aromatic carbocycles. The summed E-state index contributed by atoms with van der Waals surface area (Å²) >= 11 is 3.80. The minimum atomic E-state index is 0.188. The van der Waals surface area contributed by atoms with Gasteiger partial charge in [-0.3, -0.25) is 9.36 Å². The van der Waals surface area contributed by atoms with Crippen LogP contribution in [0.3, 0.4) is 0 Å². The van der Waals surface area contributed by atoms with Crippen molar-refractivity contribution in [1.29, 1.82) is 0 Å². The smallest absolute Gasteiger partial charge is 0.308 e. The average molecular weight is 457 g/mol. The van der Waals surface area contributed by atoms with Crippen molar-refractivity contribution < 1.29 is 0 Å². The van der Waals surface area contributed by atoms with E-state index in [0.717, 1.165) is 34.2 Å². The molecule has 2 saturated heterocycles. The van der Waals surface area contributed by atoms with Gasteiger partial charge in [0.15, 0.2) is 0 Å². The summed E-state index contributed by atoms with van der Waals surface area (Å²) in [5.41, 5.74) is 2.95. The molecule has 1 aromatic heterocycles. The Kier molecular flexibility index (Phi) is 5.00. The molecule has 6 heteroatoms. The van der Waals surface area contributed by atoms with E-state index in [2.05, 4.69) is 51.0 Å². The molecule has 24 heavy (non-hydrogen) atoms. The van der Waals surface area contributed by atoms with Crippen LogP contribution in [0.2, 0.25) is 0 Å². The van der Waals surface area contributed by atoms with Gasteiger partial charge in [-0.15, -0.1) is 0 Å². The van der Waals surface area contributed by atoms with E-state index in [9.17, 15) is 4.79 Å². The lowest BCUT2D eigenvalue weighted by molar-refractivity contribution is 0.267. The SMILES string of the molecule is O=c1sc2cc(CCI)ccc2n1CCN1CCC2(CCNC2)C1. The van der Waals surface area contributed by atoms with Gasteiger partial charge in [-0.25, -0.2) is 0 Å². The Hall–Kier alpha value is -0.440. The summed E-state index contributed by atoms with van der Waals surface area (Å²) in [6, 6.07) is 6.52. The minimum Gasteiger partial charge on any atom is -0.316 e. The molecule has 4 rings (SSSR count). The Labute approximate surface area is 160 Å². The molecule has 0 saturated carbocycles. The summed E-state index contributed by atoms with van der Waals surface area (Å²) in [6.07, 6.45) is 3.69. The van der Waals surface area contributed by atoms with E-state index in [1.807, 2.05) is 4.57 Å². The van der Waals surface area contributed by atoms with Crippen molar-refractivity contribution in [2.75, 3.05) is 37.2 Å². The molecule has 1 N–H and O–H groups in total. The first-order chi connectivity index (χ1) is 11.7. The van der Waals surface area contributed by atoms with Crippen LogP contribution in [0.4, 0.5) is 0 Å². The molecule has 0 bridgehead atoms. The molecule has 1 unspecified atom stereocenters. The minimum absolute atomic E-state index is 0.188. The molecule has 1 spiro atoms. The van der Waals surface area contributed by atoms with Crippen LogP contribution in [-0.4, -0.2) is 46.6 Å². The molecular weight excluding hydrogens is 433 g/mol. The lowest BCUT2D eigenvalue weighted by atomic mass is 9.87. The van der Waals surface area contributed by atoms with Crippen LogP contribution in [0.15, 0.2) is 23.0 Å². The van der Waals surface area contributed by atoms with Crippen molar-refractivity contribution in [2.45, 2.75) is 25.8 Å². The van der Waals surface area contributed by atoms with E-state index in [0.29, 0.717) is 5.41 Å². The monoisotopic (exact) mass is 457 g/mol. The molecule has 0 amide bonds. The normalized spacial score (nSPS) is 24.5. The van der Waals surface area contributed by atoms with E-state index in [1.165, 1.54) is 55.9 Å². The maximum Gasteiger partial charge on any atom is 0.308 e. The number of hydrogen-bond donors (Lipinski definition) is 1. The van der Waals surface area contributed by atoms with E-state index in [4.69, 9.17) is 0 Å². The van der Waals surface area contributed by atoms with Crippen molar-refractivity contribution in [3.63, 3.8) is 0 Å². The van der Waals surface area contributed by atoms with Gasteiger partial charge in [-0.1, -0.05) is 40.0 Å². The molecule has 3 heterocycles. The molecule has 2 aliphatic rings. The van der Waals surface area contributed by atoms with Gasteiger partial charge < -0.3 is 10.2 Å². The maximum absolute atomic E-state index is 12.4. The molecule has 2 aliphatic heterocycles. The third-order valence-electron chi connectivity index (χ3n) is 5.61. The average Bonchev–Trinajstić information content (AvgIpc) is 3.26. The number of thiazole rings is 1.